The van der Waals surface area contributed by atoms with Gasteiger partial charge < -0.3 is 10.1 Å². The number of hydrogen-bond acceptors (Lipinski definition) is 3. The summed E-state index contributed by atoms with van der Waals surface area (Å²) in [5, 5.41) is 3.10. The third kappa shape index (κ3) is 5.03. The summed E-state index contributed by atoms with van der Waals surface area (Å²) in [5.41, 5.74) is 0.607. The number of pyridine rings is 1. The van der Waals surface area contributed by atoms with Crippen LogP contribution in [0.25, 0.3) is 0 Å². The molecule has 0 aliphatic heterocycles. The van der Waals surface area contributed by atoms with Gasteiger partial charge in [0.25, 0.3) is 5.91 Å². The Morgan fingerprint density at radius 2 is 2.14 bits per heavy atom. The molecule has 1 amide bonds. The number of nitrogens with zero attached hydrogens (tertiary/aromatic N) is 1. The number of ether oxygens (including phenoxy) is 1. The van der Waals surface area contributed by atoms with Crippen molar-refractivity contribution in [3.8, 4) is 5.88 Å². The number of amides is 1. The summed E-state index contributed by atoms with van der Waals surface area (Å²) in [5.74, 6) is 0.563. The molecule has 1 aliphatic rings. The van der Waals surface area contributed by atoms with Crippen molar-refractivity contribution in [3.05, 3.63) is 23.9 Å². The molecule has 1 N–H and O–H groups in total. The van der Waals surface area contributed by atoms with E-state index < -0.39 is 0 Å². The van der Waals surface area contributed by atoms with Gasteiger partial charge in [-0.1, -0.05) is 32.6 Å². The highest BCUT2D eigenvalue weighted by molar-refractivity contribution is 5.94. The van der Waals surface area contributed by atoms with Crippen LogP contribution in [-0.4, -0.2) is 23.0 Å². The second kappa shape index (κ2) is 8.01. The molecule has 0 saturated heterocycles. The average Bonchev–Trinajstić information content (AvgIpc) is 2.49. The van der Waals surface area contributed by atoms with Gasteiger partial charge in [0.2, 0.25) is 5.88 Å². The Labute approximate surface area is 127 Å². The third-order valence-electron chi connectivity index (χ3n) is 3.96. The first-order valence-electron chi connectivity index (χ1n) is 8.12. The molecule has 4 nitrogen and oxygen atoms in total. The van der Waals surface area contributed by atoms with E-state index in [0.717, 1.165) is 25.7 Å². The average molecular weight is 290 g/mol. The SMILES string of the molecule is CCCC(C)Oc1ccc(C(=O)NC2CCCCC2)cn1. The summed E-state index contributed by atoms with van der Waals surface area (Å²) >= 11 is 0. The maximum absolute atomic E-state index is 12.2. The number of nitrogens with one attached hydrogen (secondary N) is 1. The van der Waals surface area contributed by atoms with Gasteiger partial charge in [0, 0.05) is 18.3 Å². The highest BCUT2D eigenvalue weighted by Crippen LogP contribution is 2.18. The minimum absolute atomic E-state index is 0.0254. The Balaban J connectivity index is 1.87. The molecule has 1 aromatic rings. The van der Waals surface area contributed by atoms with Gasteiger partial charge in [-0.25, -0.2) is 4.98 Å². The van der Waals surface area contributed by atoms with Crippen LogP contribution >= 0.6 is 0 Å². The number of carbonyl (C=O) groups excluding carboxylic acids is 1. The molecule has 0 aromatic carbocycles. The van der Waals surface area contributed by atoms with E-state index in [-0.39, 0.29) is 12.0 Å². The van der Waals surface area contributed by atoms with Gasteiger partial charge in [-0.15, -0.1) is 0 Å². The molecule has 0 radical (unpaired) electrons. The van der Waals surface area contributed by atoms with E-state index >= 15 is 0 Å². The molecule has 1 aromatic heterocycles. The summed E-state index contributed by atoms with van der Waals surface area (Å²) in [4.78, 5) is 16.4. The quantitative estimate of drug-likeness (QED) is 0.869. The van der Waals surface area contributed by atoms with Crippen LogP contribution in [0.15, 0.2) is 18.3 Å². The van der Waals surface area contributed by atoms with E-state index in [1.54, 1.807) is 18.3 Å². The first-order chi connectivity index (χ1) is 10.2. The van der Waals surface area contributed by atoms with Crippen LogP contribution in [0.2, 0.25) is 0 Å². The highest BCUT2D eigenvalue weighted by Gasteiger charge is 2.17. The molecule has 2 rings (SSSR count). The van der Waals surface area contributed by atoms with Gasteiger partial charge in [-0.3, -0.25) is 4.79 Å². The molecule has 1 saturated carbocycles. The number of rotatable bonds is 6. The fraction of sp³-hybridized carbons (Fsp3) is 0.647. The van der Waals surface area contributed by atoms with E-state index in [2.05, 4.69) is 17.2 Å². The lowest BCUT2D eigenvalue weighted by Crippen LogP contribution is -2.36. The molecule has 1 aliphatic carbocycles. The van der Waals surface area contributed by atoms with Crippen LogP contribution in [0.5, 0.6) is 5.88 Å². The second-order valence-corrected chi connectivity index (χ2v) is 5.91. The molecule has 4 heteroatoms. The molecule has 1 atom stereocenters. The van der Waals surface area contributed by atoms with Gasteiger partial charge in [0.1, 0.15) is 0 Å². The summed E-state index contributed by atoms with van der Waals surface area (Å²) in [7, 11) is 0. The Morgan fingerprint density at radius 1 is 1.38 bits per heavy atom. The monoisotopic (exact) mass is 290 g/mol. The van der Waals surface area contributed by atoms with Crippen LogP contribution in [0, 0.1) is 0 Å². The Morgan fingerprint density at radius 3 is 2.76 bits per heavy atom. The minimum Gasteiger partial charge on any atom is -0.475 e. The smallest absolute Gasteiger partial charge is 0.253 e. The van der Waals surface area contributed by atoms with E-state index in [1.807, 2.05) is 6.92 Å². The molecular formula is C17H26N2O2. The van der Waals surface area contributed by atoms with Crippen molar-refractivity contribution in [2.24, 2.45) is 0 Å². The van der Waals surface area contributed by atoms with Crippen molar-refractivity contribution in [3.63, 3.8) is 0 Å². The van der Waals surface area contributed by atoms with Crippen molar-refractivity contribution >= 4 is 5.91 Å². The lowest BCUT2D eigenvalue weighted by molar-refractivity contribution is 0.0927. The lowest BCUT2D eigenvalue weighted by atomic mass is 9.95. The van der Waals surface area contributed by atoms with Crippen LogP contribution < -0.4 is 10.1 Å². The molecule has 1 heterocycles. The van der Waals surface area contributed by atoms with Crippen molar-refractivity contribution < 1.29 is 9.53 Å². The van der Waals surface area contributed by atoms with Crippen LogP contribution in [-0.2, 0) is 0 Å². The Kier molecular flexibility index (Phi) is 6.03. The van der Waals surface area contributed by atoms with Crippen LogP contribution in [0.1, 0.15) is 69.2 Å². The number of hydrogen-bond donors (Lipinski definition) is 1. The molecule has 1 fully saturated rings. The van der Waals surface area contributed by atoms with E-state index in [1.165, 1.54) is 19.3 Å². The number of aromatic nitrogens is 1. The van der Waals surface area contributed by atoms with Crippen molar-refractivity contribution in [2.45, 2.75) is 70.9 Å². The number of carbonyl (C=O) groups is 1. The fourth-order valence-electron chi connectivity index (χ4n) is 2.77. The van der Waals surface area contributed by atoms with Crippen LogP contribution in [0.3, 0.4) is 0 Å². The Bertz CT molecular complexity index is 439. The van der Waals surface area contributed by atoms with E-state index in [4.69, 9.17) is 4.74 Å². The molecule has 0 spiro atoms. The highest BCUT2D eigenvalue weighted by atomic mass is 16.5. The summed E-state index contributed by atoms with van der Waals surface area (Å²) in [6.07, 6.45) is 9.75. The zero-order chi connectivity index (χ0) is 15.1. The normalized spacial score (nSPS) is 17.2. The first kappa shape index (κ1) is 15.8. The van der Waals surface area contributed by atoms with Crippen LogP contribution in [0.4, 0.5) is 0 Å². The second-order valence-electron chi connectivity index (χ2n) is 5.91. The third-order valence-corrected chi connectivity index (χ3v) is 3.96. The molecule has 1 unspecified atom stereocenters. The summed E-state index contributed by atoms with van der Waals surface area (Å²) in [6, 6.07) is 3.90. The first-order valence-corrected chi connectivity index (χ1v) is 8.12. The zero-order valence-electron chi connectivity index (χ0n) is 13.1. The molecule has 21 heavy (non-hydrogen) atoms. The predicted octanol–water partition coefficient (Wildman–Crippen LogP) is 3.71. The molecule has 0 bridgehead atoms. The van der Waals surface area contributed by atoms with Gasteiger partial charge in [0.15, 0.2) is 0 Å². The van der Waals surface area contributed by atoms with Gasteiger partial charge in [0.05, 0.1) is 11.7 Å². The summed E-state index contributed by atoms with van der Waals surface area (Å²) < 4.78 is 5.70. The minimum atomic E-state index is -0.0254. The van der Waals surface area contributed by atoms with Crippen molar-refractivity contribution in [2.75, 3.05) is 0 Å². The van der Waals surface area contributed by atoms with Gasteiger partial charge in [-0.2, -0.15) is 0 Å². The summed E-state index contributed by atoms with van der Waals surface area (Å²) in [6.45, 7) is 4.17. The fourth-order valence-corrected chi connectivity index (χ4v) is 2.77. The standard InChI is InChI=1S/C17H26N2O2/c1-3-7-13(2)21-16-11-10-14(12-18-16)17(20)19-15-8-5-4-6-9-15/h10-13,15H,3-9H2,1-2H3,(H,19,20). The molecular weight excluding hydrogens is 264 g/mol. The maximum Gasteiger partial charge on any atom is 0.253 e. The molecule has 116 valence electrons. The Hall–Kier alpha value is -1.58. The lowest BCUT2D eigenvalue weighted by Gasteiger charge is -2.22. The van der Waals surface area contributed by atoms with Crippen molar-refractivity contribution in [1.82, 2.24) is 10.3 Å². The van der Waals surface area contributed by atoms with E-state index in [9.17, 15) is 4.79 Å². The van der Waals surface area contributed by atoms with Gasteiger partial charge in [-0.05, 0) is 32.3 Å². The topological polar surface area (TPSA) is 51.2 Å². The van der Waals surface area contributed by atoms with E-state index in [0.29, 0.717) is 17.5 Å². The largest absolute Gasteiger partial charge is 0.475 e. The maximum atomic E-state index is 12.2. The van der Waals surface area contributed by atoms with Crippen molar-refractivity contribution in [1.29, 1.82) is 0 Å². The predicted molar refractivity (Wildman–Crippen MR) is 83.6 cm³/mol. The zero-order valence-corrected chi connectivity index (χ0v) is 13.1. The van der Waals surface area contributed by atoms with Gasteiger partial charge >= 0.3 is 0 Å².